The number of likely N-dealkylation sites (N-methyl/N-ethyl adjacent to an activating group) is 1. The number of rotatable bonds is 5. The minimum absolute atomic E-state index is 0.139. The van der Waals surface area contributed by atoms with Crippen molar-refractivity contribution in [3.05, 3.63) is 83.4 Å². The predicted octanol–water partition coefficient (Wildman–Crippen LogP) is 3.87. The highest BCUT2D eigenvalue weighted by Gasteiger charge is 2.28. The van der Waals surface area contributed by atoms with Gasteiger partial charge in [-0.1, -0.05) is 67.6 Å². The Morgan fingerprint density at radius 2 is 1.54 bits per heavy atom. The highest BCUT2D eigenvalue weighted by atomic mass is 16.4. The van der Waals surface area contributed by atoms with Gasteiger partial charge in [-0.25, -0.2) is 0 Å². The summed E-state index contributed by atoms with van der Waals surface area (Å²) in [5, 5.41) is 9.67. The first-order valence-electron chi connectivity index (χ1n) is 9.78. The van der Waals surface area contributed by atoms with Gasteiger partial charge in [0.25, 0.3) is 0 Å². The molecule has 0 radical (unpaired) electrons. The van der Waals surface area contributed by atoms with E-state index in [9.17, 15) is 5.26 Å². The Balaban J connectivity index is 1.72. The van der Waals surface area contributed by atoms with Crippen LogP contribution >= 0.6 is 0 Å². The number of nitrogens with zero attached hydrogens (tertiary/aromatic N) is 4. The van der Waals surface area contributed by atoms with Crippen molar-refractivity contribution < 1.29 is 4.42 Å². The summed E-state index contributed by atoms with van der Waals surface area (Å²) in [4.78, 5) is 9.16. The summed E-state index contributed by atoms with van der Waals surface area (Å²) in [5.41, 5.74) is 2.57. The summed E-state index contributed by atoms with van der Waals surface area (Å²) in [5.74, 6) is 1.03. The molecule has 2 heterocycles. The van der Waals surface area contributed by atoms with Crippen LogP contribution in [0.15, 0.2) is 65.1 Å². The lowest BCUT2D eigenvalue weighted by molar-refractivity contribution is 0.266. The van der Waals surface area contributed by atoms with Gasteiger partial charge in [-0.2, -0.15) is 10.2 Å². The van der Waals surface area contributed by atoms with Gasteiger partial charge in [-0.15, -0.1) is 0 Å². The van der Waals surface area contributed by atoms with Crippen molar-refractivity contribution in [2.75, 3.05) is 37.6 Å². The molecule has 142 valence electrons. The monoisotopic (exact) mass is 372 g/mol. The third kappa shape index (κ3) is 3.64. The highest BCUT2D eigenvalue weighted by molar-refractivity contribution is 5.50. The molecular weight excluding hydrogens is 348 g/mol. The molecular formula is C23H24N4O. The zero-order valence-electron chi connectivity index (χ0n) is 16.1. The molecule has 0 N–H and O–H groups in total. The van der Waals surface area contributed by atoms with Crippen LogP contribution < -0.4 is 4.90 Å². The largest absolute Gasteiger partial charge is 0.423 e. The zero-order valence-corrected chi connectivity index (χ0v) is 16.1. The zero-order chi connectivity index (χ0) is 19.3. The lowest BCUT2D eigenvalue weighted by atomic mass is 9.91. The average Bonchev–Trinajstić information content (AvgIpc) is 3.19. The summed E-state index contributed by atoms with van der Waals surface area (Å²) in [6.07, 6.45) is 0. The molecule has 0 unspecified atom stereocenters. The number of hydrogen-bond donors (Lipinski definition) is 0. The quantitative estimate of drug-likeness (QED) is 0.680. The van der Waals surface area contributed by atoms with Crippen molar-refractivity contribution >= 4 is 5.88 Å². The van der Waals surface area contributed by atoms with Gasteiger partial charge < -0.3 is 14.2 Å². The first kappa shape index (κ1) is 18.3. The van der Waals surface area contributed by atoms with Gasteiger partial charge in [0, 0.05) is 26.2 Å². The number of oxazole rings is 1. The SMILES string of the molecule is CCN1CCN(c2oc(C(c3ccccc3)c3ccccc3)nc2C#N)CC1. The second kappa shape index (κ2) is 8.28. The molecule has 0 aliphatic carbocycles. The highest BCUT2D eigenvalue weighted by Crippen LogP contribution is 2.35. The van der Waals surface area contributed by atoms with E-state index in [0.717, 1.165) is 43.9 Å². The summed E-state index contributed by atoms with van der Waals surface area (Å²) < 4.78 is 6.26. The van der Waals surface area contributed by atoms with Crippen molar-refractivity contribution in [1.29, 1.82) is 5.26 Å². The number of aromatic nitrogens is 1. The minimum atomic E-state index is -0.139. The molecule has 28 heavy (non-hydrogen) atoms. The molecule has 1 aliphatic heterocycles. The van der Waals surface area contributed by atoms with Crippen LogP contribution in [0.25, 0.3) is 0 Å². The molecule has 1 saturated heterocycles. The van der Waals surface area contributed by atoms with E-state index in [0.29, 0.717) is 17.5 Å². The summed E-state index contributed by atoms with van der Waals surface area (Å²) in [6, 6.07) is 22.6. The molecule has 0 bridgehead atoms. The summed E-state index contributed by atoms with van der Waals surface area (Å²) in [6.45, 7) is 6.85. The molecule has 1 aliphatic rings. The molecule has 0 amide bonds. The Bertz CT molecular complexity index is 898. The molecule has 0 spiro atoms. The maximum absolute atomic E-state index is 9.67. The van der Waals surface area contributed by atoms with Crippen molar-refractivity contribution in [3.63, 3.8) is 0 Å². The average molecular weight is 372 g/mol. The summed E-state index contributed by atoms with van der Waals surface area (Å²) in [7, 11) is 0. The number of piperazine rings is 1. The molecule has 5 heteroatoms. The van der Waals surface area contributed by atoms with Crippen LogP contribution in [0.1, 0.15) is 35.6 Å². The molecule has 0 saturated carbocycles. The third-order valence-electron chi connectivity index (χ3n) is 5.35. The van der Waals surface area contributed by atoms with Gasteiger partial charge in [-0.05, 0) is 17.7 Å². The maximum atomic E-state index is 9.67. The molecule has 0 atom stereocenters. The van der Waals surface area contributed by atoms with Crippen molar-refractivity contribution in [2.24, 2.45) is 0 Å². The minimum Gasteiger partial charge on any atom is -0.423 e. The second-order valence-electron chi connectivity index (χ2n) is 6.99. The van der Waals surface area contributed by atoms with Crippen LogP contribution in [0, 0.1) is 11.3 Å². The Morgan fingerprint density at radius 1 is 0.964 bits per heavy atom. The topological polar surface area (TPSA) is 56.3 Å². The van der Waals surface area contributed by atoms with Gasteiger partial charge in [0.15, 0.2) is 0 Å². The first-order valence-corrected chi connectivity index (χ1v) is 9.78. The van der Waals surface area contributed by atoms with E-state index in [2.05, 4.69) is 52.0 Å². The molecule has 1 aromatic heterocycles. The van der Waals surface area contributed by atoms with Crippen LogP contribution in [-0.4, -0.2) is 42.6 Å². The van der Waals surface area contributed by atoms with Crippen molar-refractivity contribution in [3.8, 4) is 6.07 Å². The Morgan fingerprint density at radius 3 is 2.04 bits per heavy atom. The smallest absolute Gasteiger partial charge is 0.234 e. The van der Waals surface area contributed by atoms with Crippen molar-refractivity contribution in [1.82, 2.24) is 9.88 Å². The van der Waals surface area contributed by atoms with Crippen LogP contribution in [0.2, 0.25) is 0 Å². The Kier molecular flexibility index (Phi) is 5.41. The fraction of sp³-hybridized carbons (Fsp3) is 0.304. The Labute approximate surface area is 165 Å². The Hall–Kier alpha value is -3.10. The fourth-order valence-corrected chi connectivity index (χ4v) is 3.77. The fourth-order valence-electron chi connectivity index (χ4n) is 3.77. The van der Waals surface area contributed by atoms with E-state index in [1.807, 2.05) is 36.4 Å². The van der Waals surface area contributed by atoms with E-state index in [1.165, 1.54) is 0 Å². The van der Waals surface area contributed by atoms with Crippen LogP contribution in [0.5, 0.6) is 0 Å². The second-order valence-corrected chi connectivity index (χ2v) is 6.99. The van der Waals surface area contributed by atoms with Gasteiger partial charge >= 0.3 is 0 Å². The van der Waals surface area contributed by atoms with Gasteiger partial charge in [0.1, 0.15) is 6.07 Å². The first-order chi connectivity index (χ1) is 13.8. The lowest BCUT2D eigenvalue weighted by Gasteiger charge is -2.33. The van der Waals surface area contributed by atoms with E-state index in [1.54, 1.807) is 0 Å². The van der Waals surface area contributed by atoms with Gasteiger partial charge in [-0.3, -0.25) is 0 Å². The number of hydrogen-bond acceptors (Lipinski definition) is 5. The number of nitriles is 1. The van der Waals surface area contributed by atoms with Crippen LogP contribution in [0.3, 0.4) is 0 Å². The lowest BCUT2D eigenvalue weighted by Crippen LogP contribution is -2.46. The van der Waals surface area contributed by atoms with E-state index >= 15 is 0 Å². The van der Waals surface area contributed by atoms with Gasteiger partial charge in [0.05, 0.1) is 5.92 Å². The van der Waals surface area contributed by atoms with E-state index in [-0.39, 0.29) is 5.92 Å². The van der Waals surface area contributed by atoms with Crippen LogP contribution in [-0.2, 0) is 0 Å². The van der Waals surface area contributed by atoms with Crippen LogP contribution in [0.4, 0.5) is 5.88 Å². The molecule has 2 aromatic carbocycles. The number of benzene rings is 2. The third-order valence-corrected chi connectivity index (χ3v) is 5.35. The normalized spacial score (nSPS) is 15.0. The number of anilines is 1. The van der Waals surface area contributed by atoms with E-state index < -0.39 is 0 Å². The molecule has 4 rings (SSSR count). The molecule has 5 nitrogen and oxygen atoms in total. The maximum Gasteiger partial charge on any atom is 0.234 e. The standard InChI is InChI=1S/C23H24N4O/c1-2-26-13-15-27(16-14-26)23-20(17-24)25-22(28-23)21(18-9-5-3-6-10-18)19-11-7-4-8-12-19/h3-12,21H,2,13-16H2,1H3. The van der Waals surface area contributed by atoms with Gasteiger partial charge in [0.2, 0.25) is 17.5 Å². The molecule has 3 aromatic rings. The van der Waals surface area contributed by atoms with Crippen molar-refractivity contribution in [2.45, 2.75) is 12.8 Å². The predicted molar refractivity (Wildman–Crippen MR) is 109 cm³/mol. The summed E-state index contributed by atoms with van der Waals surface area (Å²) >= 11 is 0. The molecule has 1 fully saturated rings. The van der Waals surface area contributed by atoms with E-state index in [4.69, 9.17) is 4.42 Å².